The SMILES string of the molecule is Fc1c(Cn2ccc3cc(Cl)cc(Cl)c32)cccc1-c1nn[nH]n1. The molecule has 0 atom stereocenters. The van der Waals surface area contributed by atoms with Crippen LogP contribution in [0.15, 0.2) is 42.6 Å². The van der Waals surface area contributed by atoms with Crippen molar-refractivity contribution >= 4 is 34.1 Å². The fraction of sp³-hybridized carbons (Fsp3) is 0.0625. The van der Waals surface area contributed by atoms with E-state index in [0.717, 1.165) is 10.9 Å². The third-order valence-corrected chi connectivity index (χ3v) is 4.29. The minimum absolute atomic E-state index is 0.219. The van der Waals surface area contributed by atoms with Crippen molar-refractivity contribution in [3.05, 3.63) is 64.0 Å². The Labute approximate surface area is 146 Å². The number of rotatable bonds is 3. The summed E-state index contributed by atoms with van der Waals surface area (Å²) >= 11 is 12.3. The summed E-state index contributed by atoms with van der Waals surface area (Å²) in [6.07, 6.45) is 1.85. The van der Waals surface area contributed by atoms with Crippen molar-refractivity contribution in [2.24, 2.45) is 0 Å². The van der Waals surface area contributed by atoms with Gasteiger partial charge < -0.3 is 4.57 Å². The van der Waals surface area contributed by atoms with Crippen molar-refractivity contribution in [1.82, 2.24) is 25.2 Å². The summed E-state index contributed by atoms with van der Waals surface area (Å²) in [5, 5.41) is 15.4. The van der Waals surface area contributed by atoms with Crippen LogP contribution in [0.1, 0.15) is 5.56 Å². The van der Waals surface area contributed by atoms with Crippen LogP contribution in [0.3, 0.4) is 0 Å². The van der Waals surface area contributed by atoms with Crippen LogP contribution in [0.25, 0.3) is 22.3 Å². The summed E-state index contributed by atoms with van der Waals surface area (Å²) in [6, 6.07) is 10.5. The number of benzene rings is 2. The Morgan fingerprint density at radius 1 is 1.17 bits per heavy atom. The molecule has 4 aromatic rings. The number of tetrazole rings is 1. The molecular weight excluding hydrogens is 352 g/mol. The number of aromatic amines is 1. The van der Waals surface area contributed by atoms with Gasteiger partial charge in [-0.1, -0.05) is 35.3 Å². The molecule has 8 heteroatoms. The summed E-state index contributed by atoms with van der Waals surface area (Å²) in [7, 11) is 0. The summed E-state index contributed by atoms with van der Waals surface area (Å²) in [5.74, 6) is -0.164. The largest absolute Gasteiger partial charge is 0.342 e. The van der Waals surface area contributed by atoms with Crippen LogP contribution in [0.5, 0.6) is 0 Å². The monoisotopic (exact) mass is 361 g/mol. The average molecular weight is 362 g/mol. The first-order valence-corrected chi connectivity index (χ1v) is 7.84. The van der Waals surface area contributed by atoms with Crippen LogP contribution < -0.4 is 0 Å². The molecule has 0 radical (unpaired) electrons. The number of aromatic nitrogens is 5. The van der Waals surface area contributed by atoms with Crippen LogP contribution in [-0.4, -0.2) is 25.2 Å². The minimum Gasteiger partial charge on any atom is -0.342 e. The molecule has 0 saturated carbocycles. The van der Waals surface area contributed by atoms with Gasteiger partial charge in [0, 0.05) is 22.2 Å². The normalized spacial score (nSPS) is 11.3. The number of fused-ring (bicyclic) bond motifs is 1. The standard InChI is InChI=1S/C16H10Cl2FN5/c17-11-6-9-4-5-24(15(9)13(18)7-11)8-10-2-1-3-12(14(10)19)16-20-22-23-21-16/h1-7H,8H2,(H,20,21,22,23). The van der Waals surface area contributed by atoms with Gasteiger partial charge in [0.2, 0.25) is 5.82 Å². The highest BCUT2D eigenvalue weighted by Crippen LogP contribution is 2.30. The van der Waals surface area contributed by atoms with E-state index in [4.69, 9.17) is 23.2 Å². The molecule has 0 amide bonds. The van der Waals surface area contributed by atoms with Gasteiger partial charge in [-0.3, -0.25) is 0 Å². The van der Waals surface area contributed by atoms with E-state index in [2.05, 4.69) is 20.6 Å². The lowest BCUT2D eigenvalue weighted by Gasteiger charge is -2.10. The number of halogens is 3. The molecule has 0 saturated heterocycles. The van der Waals surface area contributed by atoms with Crippen LogP contribution in [0.4, 0.5) is 4.39 Å². The van der Waals surface area contributed by atoms with E-state index in [-0.39, 0.29) is 11.6 Å². The zero-order valence-electron chi connectivity index (χ0n) is 12.2. The first-order valence-electron chi connectivity index (χ1n) is 7.08. The van der Waals surface area contributed by atoms with E-state index < -0.39 is 0 Å². The van der Waals surface area contributed by atoms with Gasteiger partial charge in [0.15, 0.2) is 0 Å². The Balaban J connectivity index is 1.78. The maximum absolute atomic E-state index is 14.8. The molecule has 0 spiro atoms. The van der Waals surface area contributed by atoms with E-state index in [9.17, 15) is 4.39 Å². The molecule has 4 rings (SSSR count). The predicted molar refractivity (Wildman–Crippen MR) is 90.6 cm³/mol. The van der Waals surface area contributed by atoms with Gasteiger partial charge in [0.25, 0.3) is 0 Å². The molecule has 2 aromatic carbocycles. The highest BCUT2D eigenvalue weighted by atomic mass is 35.5. The zero-order chi connectivity index (χ0) is 16.7. The Bertz CT molecular complexity index is 1030. The van der Waals surface area contributed by atoms with Gasteiger partial charge >= 0.3 is 0 Å². The van der Waals surface area contributed by atoms with E-state index in [1.807, 2.05) is 22.9 Å². The maximum Gasteiger partial charge on any atom is 0.207 e. The lowest BCUT2D eigenvalue weighted by Crippen LogP contribution is -2.02. The molecule has 0 bridgehead atoms. The Morgan fingerprint density at radius 3 is 2.83 bits per heavy atom. The van der Waals surface area contributed by atoms with Crippen molar-refractivity contribution in [1.29, 1.82) is 0 Å². The molecule has 0 aliphatic carbocycles. The molecule has 5 nitrogen and oxygen atoms in total. The van der Waals surface area contributed by atoms with E-state index in [0.29, 0.717) is 27.7 Å². The summed E-state index contributed by atoms with van der Waals surface area (Å²) in [5.41, 5.74) is 1.61. The molecule has 120 valence electrons. The second kappa shape index (κ2) is 5.89. The Morgan fingerprint density at radius 2 is 2.04 bits per heavy atom. The van der Waals surface area contributed by atoms with Crippen LogP contribution in [0.2, 0.25) is 10.0 Å². The number of H-pyrrole nitrogens is 1. The van der Waals surface area contributed by atoms with Gasteiger partial charge in [0.05, 0.1) is 22.6 Å². The minimum atomic E-state index is -0.383. The van der Waals surface area contributed by atoms with Crippen molar-refractivity contribution < 1.29 is 4.39 Å². The molecule has 0 unspecified atom stereocenters. The van der Waals surface area contributed by atoms with E-state index in [1.165, 1.54) is 0 Å². The number of nitrogens with zero attached hydrogens (tertiary/aromatic N) is 4. The molecule has 0 aliphatic heterocycles. The number of hydrogen-bond acceptors (Lipinski definition) is 3. The molecule has 24 heavy (non-hydrogen) atoms. The lowest BCUT2D eigenvalue weighted by molar-refractivity contribution is 0.604. The molecule has 2 heterocycles. The molecule has 2 aromatic heterocycles. The second-order valence-corrected chi connectivity index (χ2v) is 6.13. The second-order valence-electron chi connectivity index (χ2n) is 5.28. The molecule has 0 aliphatic rings. The Kier molecular flexibility index (Phi) is 3.70. The smallest absolute Gasteiger partial charge is 0.207 e. The van der Waals surface area contributed by atoms with Crippen molar-refractivity contribution in [3.63, 3.8) is 0 Å². The highest BCUT2D eigenvalue weighted by Gasteiger charge is 2.15. The fourth-order valence-electron chi connectivity index (χ4n) is 2.73. The molecule has 1 N–H and O–H groups in total. The lowest BCUT2D eigenvalue weighted by atomic mass is 10.1. The first-order chi connectivity index (χ1) is 11.6. The van der Waals surface area contributed by atoms with Crippen LogP contribution in [-0.2, 0) is 6.54 Å². The van der Waals surface area contributed by atoms with Gasteiger partial charge in [-0.05, 0) is 29.5 Å². The molecular formula is C16H10Cl2FN5. The van der Waals surface area contributed by atoms with Gasteiger partial charge in [-0.15, -0.1) is 10.2 Å². The maximum atomic E-state index is 14.8. The number of nitrogens with one attached hydrogen (secondary N) is 1. The topological polar surface area (TPSA) is 59.4 Å². The van der Waals surface area contributed by atoms with Gasteiger partial charge in [-0.25, -0.2) is 4.39 Å². The average Bonchev–Trinajstić information content (AvgIpc) is 3.19. The van der Waals surface area contributed by atoms with Crippen LogP contribution in [0, 0.1) is 5.82 Å². The third kappa shape index (κ3) is 2.53. The van der Waals surface area contributed by atoms with Gasteiger partial charge in [0.1, 0.15) is 5.82 Å². The quantitative estimate of drug-likeness (QED) is 0.591. The Hall–Kier alpha value is -2.44. The van der Waals surface area contributed by atoms with Crippen molar-refractivity contribution in [2.75, 3.05) is 0 Å². The highest BCUT2D eigenvalue weighted by molar-refractivity contribution is 6.38. The van der Waals surface area contributed by atoms with Crippen molar-refractivity contribution in [2.45, 2.75) is 6.54 Å². The first kappa shape index (κ1) is 15.1. The van der Waals surface area contributed by atoms with Crippen LogP contribution >= 0.6 is 23.2 Å². The van der Waals surface area contributed by atoms with E-state index >= 15 is 0 Å². The molecule has 0 fully saturated rings. The fourth-order valence-corrected chi connectivity index (χ4v) is 3.34. The van der Waals surface area contributed by atoms with Crippen molar-refractivity contribution in [3.8, 4) is 11.4 Å². The summed E-state index contributed by atoms with van der Waals surface area (Å²) in [6.45, 7) is 0.322. The number of hydrogen-bond donors (Lipinski definition) is 1. The zero-order valence-corrected chi connectivity index (χ0v) is 13.7. The summed E-state index contributed by atoms with van der Waals surface area (Å²) < 4.78 is 16.7. The predicted octanol–water partition coefficient (Wildman–Crippen LogP) is 4.32. The van der Waals surface area contributed by atoms with Gasteiger partial charge in [-0.2, -0.15) is 5.21 Å². The third-order valence-electron chi connectivity index (χ3n) is 3.78. The summed E-state index contributed by atoms with van der Waals surface area (Å²) in [4.78, 5) is 0. The van der Waals surface area contributed by atoms with E-state index in [1.54, 1.807) is 24.3 Å².